The van der Waals surface area contributed by atoms with Crippen molar-refractivity contribution in [3.8, 4) is 5.75 Å². The highest BCUT2D eigenvalue weighted by Gasteiger charge is 2.25. The highest BCUT2D eigenvalue weighted by Crippen LogP contribution is 2.38. The van der Waals surface area contributed by atoms with Crippen LogP contribution in [-0.2, 0) is 9.47 Å². The van der Waals surface area contributed by atoms with Gasteiger partial charge in [0.15, 0.2) is 5.75 Å². The molecule has 3 rings (SSSR count). The number of phenolic OH excluding ortho intramolecular Hbond substituents is 1. The summed E-state index contributed by atoms with van der Waals surface area (Å²) in [4.78, 5) is 27.8. The van der Waals surface area contributed by atoms with Gasteiger partial charge in [0.2, 0.25) is 0 Å². The van der Waals surface area contributed by atoms with Gasteiger partial charge in [0.25, 0.3) is 0 Å². The van der Waals surface area contributed by atoms with E-state index in [1.807, 2.05) is 24.3 Å². The van der Waals surface area contributed by atoms with E-state index in [1.54, 1.807) is 33.8 Å². The lowest BCUT2D eigenvalue weighted by Gasteiger charge is -2.20. The fourth-order valence-electron chi connectivity index (χ4n) is 2.89. The number of aromatic amines is 1. The van der Waals surface area contributed by atoms with Crippen molar-refractivity contribution in [2.24, 2.45) is 0 Å². The number of carbonyl (C=O) groups excluding carboxylic acids is 2. The average molecular weight is 370 g/mol. The molecule has 7 nitrogen and oxygen atoms in total. The molecular weight excluding hydrogens is 348 g/mol. The smallest absolute Gasteiger partial charge is 0.412 e. The molecule has 0 spiro atoms. The van der Waals surface area contributed by atoms with Crippen LogP contribution in [0, 0.1) is 0 Å². The van der Waals surface area contributed by atoms with Crippen LogP contribution in [0.25, 0.3) is 21.8 Å². The molecule has 2 aromatic carbocycles. The van der Waals surface area contributed by atoms with Crippen LogP contribution >= 0.6 is 0 Å². The summed E-state index contributed by atoms with van der Waals surface area (Å²) in [5, 5.41) is 14.7. The third kappa shape index (κ3) is 3.67. The van der Waals surface area contributed by atoms with Crippen LogP contribution in [0.15, 0.2) is 30.3 Å². The first-order chi connectivity index (χ1) is 12.7. The molecule has 0 saturated heterocycles. The third-order valence-electron chi connectivity index (χ3n) is 3.89. The minimum Gasteiger partial charge on any atom is -0.505 e. The summed E-state index contributed by atoms with van der Waals surface area (Å²) in [6, 6.07) is 9.09. The summed E-state index contributed by atoms with van der Waals surface area (Å²) >= 11 is 0. The van der Waals surface area contributed by atoms with Gasteiger partial charge in [-0.05, 0) is 39.8 Å². The number of nitrogens with one attached hydrogen (secondary N) is 2. The van der Waals surface area contributed by atoms with Gasteiger partial charge >= 0.3 is 12.1 Å². The topological polar surface area (TPSA) is 101 Å². The van der Waals surface area contributed by atoms with Gasteiger partial charge in [-0.1, -0.05) is 18.2 Å². The predicted molar refractivity (Wildman–Crippen MR) is 103 cm³/mol. The molecule has 3 N–H and O–H groups in total. The van der Waals surface area contributed by atoms with Crippen molar-refractivity contribution in [2.75, 3.05) is 11.9 Å². The molecule has 142 valence electrons. The van der Waals surface area contributed by atoms with Crippen molar-refractivity contribution in [3.05, 3.63) is 35.9 Å². The van der Waals surface area contributed by atoms with Crippen LogP contribution in [0.4, 0.5) is 10.5 Å². The summed E-state index contributed by atoms with van der Waals surface area (Å²) in [6.45, 7) is 7.04. The van der Waals surface area contributed by atoms with E-state index in [4.69, 9.17) is 9.47 Å². The number of H-pyrrole nitrogens is 1. The molecule has 0 bridgehead atoms. The predicted octanol–water partition coefficient (Wildman–Crippen LogP) is 4.55. The number of hydrogen-bond acceptors (Lipinski definition) is 5. The Bertz CT molecular complexity index is 1030. The van der Waals surface area contributed by atoms with Crippen molar-refractivity contribution < 1.29 is 24.2 Å². The number of amides is 1. The molecule has 0 aliphatic carbocycles. The van der Waals surface area contributed by atoms with E-state index in [1.165, 1.54) is 0 Å². The average Bonchev–Trinajstić information content (AvgIpc) is 2.92. The Morgan fingerprint density at radius 2 is 1.89 bits per heavy atom. The first kappa shape index (κ1) is 18.6. The Labute approximate surface area is 156 Å². The van der Waals surface area contributed by atoms with E-state index in [9.17, 15) is 14.7 Å². The van der Waals surface area contributed by atoms with E-state index in [0.717, 1.165) is 10.9 Å². The Kier molecular flexibility index (Phi) is 4.70. The van der Waals surface area contributed by atoms with Crippen LogP contribution < -0.4 is 5.32 Å². The number of ether oxygens (including phenoxy) is 2. The Morgan fingerprint density at radius 1 is 1.19 bits per heavy atom. The Balaban J connectivity index is 2.19. The molecule has 0 aliphatic heterocycles. The first-order valence-corrected chi connectivity index (χ1v) is 8.64. The van der Waals surface area contributed by atoms with E-state index in [0.29, 0.717) is 10.9 Å². The maximum atomic E-state index is 12.5. The second-order valence-corrected chi connectivity index (χ2v) is 7.09. The molecule has 1 amide bonds. The number of hydrogen-bond donors (Lipinski definition) is 3. The number of phenols is 1. The van der Waals surface area contributed by atoms with Crippen LogP contribution in [0.2, 0.25) is 0 Å². The van der Waals surface area contributed by atoms with Crippen LogP contribution in [0.5, 0.6) is 5.75 Å². The maximum absolute atomic E-state index is 12.5. The monoisotopic (exact) mass is 370 g/mol. The van der Waals surface area contributed by atoms with Gasteiger partial charge in [-0.25, -0.2) is 9.59 Å². The van der Waals surface area contributed by atoms with Crippen LogP contribution in [0.1, 0.15) is 38.1 Å². The van der Waals surface area contributed by atoms with Crippen molar-refractivity contribution in [1.29, 1.82) is 0 Å². The van der Waals surface area contributed by atoms with Crippen molar-refractivity contribution in [3.63, 3.8) is 0 Å². The minimum absolute atomic E-state index is 0.0309. The van der Waals surface area contributed by atoms with Gasteiger partial charge < -0.3 is 19.6 Å². The summed E-state index contributed by atoms with van der Waals surface area (Å²) in [5.41, 5.74) is 0.587. The van der Waals surface area contributed by atoms with E-state index >= 15 is 0 Å². The fourth-order valence-corrected chi connectivity index (χ4v) is 2.89. The molecule has 1 aromatic heterocycles. The first-order valence-electron chi connectivity index (χ1n) is 8.64. The van der Waals surface area contributed by atoms with E-state index in [-0.39, 0.29) is 23.6 Å². The number of benzene rings is 2. The lowest BCUT2D eigenvalue weighted by Crippen LogP contribution is -2.27. The number of aromatic nitrogens is 1. The zero-order valence-electron chi connectivity index (χ0n) is 15.7. The largest absolute Gasteiger partial charge is 0.505 e. The normalized spacial score (nSPS) is 11.6. The molecule has 0 unspecified atom stereocenters. The molecule has 0 radical (unpaired) electrons. The highest BCUT2D eigenvalue weighted by atomic mass is 16.6. The summed E-state index contributed by atoms with van der Waals surface area (Å²) < 4.78 is 10.3. The third-order valence-corrected chi connectivity index (χ3v) is 3.89. The maximum Gasteiger partial charge on any atom is 0.412 e. The van der Waals surface area contributed by atoms with Gasteiger partial charge in [0.1, 0.15) is 11.2 Å². The standard InChI is InChI=1S/C20H22N2O5/c1-5-26-18(24)15-16-12(11-8-6-7-9-13(11)21-16)10-14(17(15)23)22-19(25)27-20(2,3)4/h6-10,21,23H,5H2,1-4H3,(H,22,25). The SMILES string of the molecule is CCOC(=O)c1c(O)c(NC(=O)OC(C)(C)C)cc2c1[nH]c1ccccc12. The number of aromatic hydroxyl groups is 1. The Morgan fingerprint density at radius 3 is 2.56 bits per heavy atom. The van der Waals surface area contributed by atoms with Crippen LogP contribution in [0.3, 0.4) is 0 Å². The zero-order chi connectivity index (χ0) is 19.8. The molecule has 7 heteroatoms. The van der Waals surface area contributed by atoms with Gasteiger partial charge in [-0.3, -0.25) is 5.32 Å². The number of rotatable bonds is 3. The lowest BCUT2D eigenvalue weighted by molar-refractivity contribution is 0.0523. The van der Waals surface area contributed by atoms with E-state index in [2.05, 4.69) is 10.3 Å². The minimum atomic E-state index is -0.730. The summed E-state index contributed by atoms with van der Waals surface area (Å²) in [7, 11) is 0. The molecule has 27 heavy (non-hydrogen) atoms. The summed E-state index contributed by atoms with van der Waals surface area (Å²) in [5.74, 6) is -1.06. The molecule has 0 saturated carbocycles. The zero-order valence-corrected chi connectivity index (χ0v) is 15.7. The molecular formula is C20H22N2O5. The number of fused-ring (bicyclic) bond motifs is 3. The molecule has 0 aliphatic rings. The lowest BCUT2D eigenvalue weighted by atomic mass is 10.1. The van der Waals surface area contributed by atoms with Gasteiger partial charge in [0, 0.05) is 16.3 Å². The molecule has 0 fully saturated rings. The second-order valence-electron chi connectivity index (χ2n) is 7.09. The number of para-hydroxylation sites is 1. The summed E-state index contributed by atoms with van der Waals surface area (Å²) in [6.07, 6.45) is -0.730. The van der Waals surface area contributed by atoms with Crippen molar-refractivity contribution in [2.45, 2.75) is 33.3 Å². The number of esters is 1. The highest BCUT2D eigenvalue weighted by molar-refractivity contribution is 6.17. The second kappa shape index (κ2) is 6.83. The van der Waals surface area contributed by atoms with Crippen molar-refractivity contribution in [1.82, 2.24) is 4.98 Å². The van der Waals surface area contributed by atoms with E-state index < -0.39 is 17.7 Å². The quantitative estimate of drug-likeness (QED) is 0.464. The fraction of sp³-hybridized carbons (Fsp3) is 0.300. The molecule has 1 heterocycles. The van der Waals surface area contributed by atoms with Crippen LogP contribution in [-0.4, -0.2) is 34.4 Å². The number of carbonyl (C=O) groups is 2. The van der Waals surface area contributed by atoms with Gasteiger partial charge in [-0.15, -0.1) is 0 Å². The number of anilines is 1. The molecule has 3 aromatic rings. The van der Waals surface area contributed by atoms with Crippen molar-refractivity contribution >= 4 is 39.6 Å². The van der Waals surface area contributed by atoms with Gasteiger partial charge in [-0.2, -0.15) is 0 Å². The Hall–Kier alpha value is -3.22. The van der Waals surface area contributed by atoms with Gasteiger partial charge in [0.05, 0.1) is 17.8 Å². The molecule has 0 atom stereocenters.